The van der Waals surface area contributed by atoms with Gasteiger partial charge >= 0.3 is 5.97 Å². The van der Waals surface area contributed by atoms with Crippen molar-refractivity contribution >= 4 is 5.97 Å². The van der Waals surface area contributed by atoms with Crippen LogP contribution >= 0.6 is 0 Å². The van der Waals surface area contributed by atoms with Crippen LogP contribution in [-0.2, 0) is 9.63 Å². The summed E-state index contributed by atoms with van der Waals surface area (Å²) in [6, 6.07) is -0.319. The zero-order chi connectivity index (χ0) is 7.40. The third kappa shape index (κ3) is 1.52. The molecule has 1 atom stereocenters. The van der Waals surface area contributed by atoms with Crippen molar-refractivity contribution in [3.8, 4) is 0 Å². The minimum atomic E-state index is -0.319. The Labute approximate surface area is 59.2 Å². The normalized spacial score (nSPS) is 23.3. The Morgan fingerprint density at radius 2 is 2.50 bits per heavy atom. The summed E-state index contributed by atoms with van der Waals surface area (Å²) in [5, 5.41) is 6.78. The van der Waals surface area contributed by atoms with Gasteiger partial charge in [0.2, 0.25) is 0 Å². The van der Waals surface area contributed by atoms with E-state index in [1.807, 2.05) is 0 Å². The number of hydrogen-bond donors (Lipinski definition) is 0. The van der Waals surface area contributed by atoms with Crippen LogP contribution in [0.4, 0.5) is 0 Å². The summed E-state index contributed by atoms with van der Waals surface area (Å²) >= 11 is 0. The lowest BCUT2D eigenvalue weighted by Gasteiger charge is -1.97. The molecule has 0 radical (unpaired) electrons. The molecule has 1 rings (SSSR count). The van der Waals surface area contributed by atoms with Crippen molar-refractivity contribution in [2.75, 3.05) is 0 Å². The Kier molecular flexibility index (Phi) is 2.36. The fourth-order valence-corrected chi connectivity index (χ4v) is 0.802. The minimum Gasteiger partial charge on any atom is -0.298 e. The Bertz CT molecular complexity index is 156. The van der Waals surface area contributed by atoms with Crippen LogP contribution in [0.3, 0.4) is 0 Å². The van der Waals surface area contributed by atoms with Crippen molar-refractivity contribution in [2.24, 2.45) is 10.4 Å². The van der Waals surface area contributed by atoms with Crippen LogP contribution in [0.25, 0.3) is 0 Å². The minimum absolute atomic E-state index is 0.312. The van der Waals surface area contributed by atoms with Gasteiger partial charge < -0.3 is 0 Å². The van der Waals surface area contributed by atoms with Gasteiger partial charge in [0.05, 0.1) is 0 Å². The van der Waals surface area contributed by atoms with E-state index in [1.54, 1.807) is 0 Å². The lowest BCUT2D eigenvalue weighted by Crippen LogP contribution is -2.13. The van der Waals surface area contributed by atoms with Crippen LogP contribution in [0, 0.1) is 0 Å². The maximum absolute atomic E-state index is 10.7. The quantitative estimate of drug-likeness (QED) is 0.599. The zero-order valence-corrected chi connectivity index (χ0v) is 5.91. The lowest BCUT2D eigenvalue weighted by atomic mass is 10.1. The summed E-state index contributed by atoms with van der Waals surface area (Å²) in [5.74, 6) is -0.312. The largest absolute Gasteiger partial charge is 0.363 e. The van der Waals surface area contributed by atoms with Crippen molar-refractivity contribution in [2.45, 2.75) is 32.2 Å². The first-order valence-electron chi connectivity index (χ1n) is 3.45. The highest BCUT2D eigenvalue weighted by molar-refractivity contribution is 5.76. The maximum atomic E-state index is 10.7. The second-order valence-electron chi connectivity index (χ2n) is 2.27. The Morgan fingerprint density at radius 1 is 1.70 bits per heavy atom. The van der Waals surface area contributed by atoms with Crippen molar-refractivity contribution in [3.63, 3.8) is 0 Å². The van der Waals surface area contributed by atoms with Gasteiger partial charge in [0.25, 0.3) is 0 Å². The molecule has 56 valence electrons. The molecule has 0 aromatic heterocycles. The Morgan fingerprint density at radius 3 is 3.00 bits per heavy atom. The van der Waals surface area contributed by atoms with Crippen LogP contribution in [0.1, 0.15) is 26.2 Å². The van der Waals surface area contributed by atoms with Crippen LogP contribution in [0.15, 0.2) is 10.4 Å². The molecule has 1 heterocycles. The van der Waals surface area contributed by atoms with Gasteiger partial charge in [-0.1, -0.05) is 19.8 Å². The third-order valence-corrected chi connectivity index (χ3v) is 1.42. The van der Waals surface area contributed by atoms with Crippen molar-refractivity contribution in [1.82, 2.24) is 0 Å². The third-order valence-electron chi connectivity index (χ3n) is 1.42. The van der Waals surface area contributed by atoms with Crippen LogP contribution in [0.5, 0.6) is 0 Å². The molecule has 0 saturated carbocycles. The molecule has 0 aromatic rings. The van der Waals surface area contributed by atoms with Gasteiger partial charge in [0.1, 0.15) is 0 Å². The summed E-state index contributed by atoms with van der Waals surface area (Å²) in [4.78, 5) is 15.0. The number of carbonyl (C=O) groups is 1. The Balaban J connectivity index is 2.27. The molecule has 0 aliphatic carbocycles. The predicted octanol–water partition coefficient (Wildman–Crippen LogP) is 1.47. The molecule has 1 aliphatic rings. The molecular formula is C6H10N2O2. The topological polar surface area (TPSA) is 51.0 Å². The molecule has 0 bridgehead atoms. The summed E-state index contributed by atoms with van der Waals surface area (Å²) in [7, 11) is 0. The first-order valence-corrected chi connectivity index (χ1v) is 3.45. The predicted molar refractivity (Wildman–Crippen MR) is 34.3 cm³/mol. The number of unbranched alkanes of at least 4 members (excludes halogenated alkanes) is 1. The number of carbonyl (C=O) groups excluding carboxylic acids is 1. The van der Waals surface area contributed by atoms with Gasteiger partial charge in [0.15, 0.2) is 6.04 Å². The molecule has 0 aromatic carbocycles. The highest BCUT2D eigenvalue weighted by atomic mass is 16.7. The van der Waals surface area contributed by atoms with E-state index in [9.17, 15) is 4.79 Å². The molecule has 0 amide bonds. The zero-order valence-electron chi connectivity index (χ0n) is 5.91. The smallest absolute Gasteiger partial charge is 0.298 e. The summed E-state index contributed by atoms with van der Waals surface area (Å²) < 4.78 is 0. The van der Waals surface area contributed by atoms with E-state index in [4.69, 9.17) is 0 Å². The number of hydrogen-bond acceptors (Lipinski definition) is 4. The summed E-state index contributed by atoms with van der Waals surface area (Å²) in [6.07, 6.45) is 2.83. The average Bonchev–Trinajstić information content (AvgIpc) is 2.31. The van der Waals surface area contributed by atoms with Crippen molar-refractivity contribution in [1.29, 1.82) is 0 Å². The van der Waals surface area contributed by atoms with Crippen LogP contribution in [-0.4, -0.2) is 12.0 Å². The van der Waals surface area contributed by atoms with Gasteiger partial charge in [-0.05, 0) is 6.42 Å². The van der Waals surface area contributed by atoms with Gasteiger partial charge in [-0.15, -0.1) is 5.11 Å². The van der Waals surface area contributed by atoms with Crippen molar-refractivity contribution in [3.05, 3.63) is 0 Å². The molecule has 0 spiro atoms. The van der Waals surface area contributed by atoms with Crippen molar-refractivity contribution < 1.29 is 9.63 Å². The van der Waals surface area contributed by atoms with Crippen LogP contribution < -0.4 is 0 Å². The average molecular weight is 142 g/mol. The SMILES string of the molecule is CCCCC1N=NOC1=O. The monoisotopic (exact) mass is 142 g/mol. The van der Waals surface area contributed by atoms with E-state index in [2.05, 4.69) is 22.2 Å². The van der Waals surface area contributed by atoms with E-state index in [1.165, 1.54) is 0 Å². The molecule has 0 N–H and O–H groups in total. The second-order valence-corrected chi connectivity index (χ2v) is 2.27. The summed E-state index contributed by atoms with van der Waals surface area (Å²) in [5.41, 5.74) is 0. The van der Waals surface area contributed by atoms with Crippen LogP contribution in [0.2, 0.25) is 0 Å². The molecule has 10 heavy (non-hydrogen) atoms. The lowest BCUT2D eigenvalue weighted by molar-refractivity contribution is -0.141. The van der Waals surface area contributed by atoms with E-state index in [-0.39, 0.29) is 12.0 Å². The van der Waals surface area contributed by atoms with Gasteiger partial charge in [0, 0.05) is 5.28 Å². The number of rotatable bonds is 3. The molecule has 4 heteroatoms. The first kappa shape index (κ1) is 7.18. The molecule has 0 saturated heterocycles. The van der Waals surface area contributed by atoms with Gasteiger partial charge in [-0.2, -0.15) is 0 Å². The highest BCUT2D eigenvalue weighted by Gasteiger charge is 2.24. The fourth-order valence-electron chi connectivity index (χ4n) is 0.802. The van der Waals surface area contributed by atoms with E-state index in [0.717, 1.165) is 19.3 Å². The molecule has 1 aliphatic heterocycles. The molecule has 1 unspecified atom stereocenters. The Hall–Kier alpha value is -0.930. The number of nitrogens with zero attached hydrogens (tertiary/aromatic N) is 2. The van der Waals surface area contributed by atoms with E-state index in [0.29, 0.717) is 0 Å². The standard InChI is InChI=1S/C6H10N2O2/c1-2-3-4-5-6(9)10-8-7-5/h5H,2-4H2,1H3. The summed E-state index contributed by atoms with van der Waals surface area (Å²) in [6.45, 7) is 2.07. The highest BCUT2D eigenvalue weighted by Crippen LogP contribution is 2.12. The second kappa shape index (κ2) is 3.29. The molecule has 0 fully saturated rings. The van der Waals surface area contributed by atoms with E-state index >= 15 is 0 Å². The molecule has 4 nitrogen and oxygen atoms in total. The maximum Gasteiger partial charge on any atom is 0.363 e. The van der Waals surface area contributed by atoms with Gasteiger partial charge in [-0.3, -0.25) is 4.84 Å². The fraction of sp³-hybridized carbons (Fsp3) is 0.833. The first-order chi connectivity index (χ1) is 4.84. The van der Waals surface area contributed by atoms with Gasteiger partial charge in [-0.25, -0.2) is 4.79 Å². The van der Waals surface area contributed by atoms with E-state index < -0.39 is 0 Å². The molecular weight excluding hydrogens is 132 g/mol.